The average Bonchev–Trinajstić information content (AvgIpc) is 3.05. The second kappa shape index (κ2) is 7.52. The van der Waals surface area contributed by atoms with Gasteiger partial charge in [-0.3, -0.25) is 14.9 Å². The number of hydrogen-bond donors (Lipinski definition) is 1. The van der Waals surface area contributed by atoms with Gasteiger partial charge in [0.05, 0.1) is 22.5 Å². The minimum absolute atomic E-state index is 0.0513. The SMILES string of the molecule is Cc1c(C(=O)N/N=C/c2ccc(F)cc2)nnn1-c1ccc([N+](=O)[O-])cc1. The molecule has 0 bridgehead atoms. The van der Waals surface area contributed by atoms with Crippen LogP contribution >= 0.6 is 0 Å². The fourth-order valence-electron chi connectivity index (χ4n) is 2.27. The Kier molecular flexibility index (Phi) is 4.97. The molecule has 1 amide bonds. The molecule has 0 saturated carbocycles. The Bertz CT molecular complexity index is 1010. The summed E-state index contributed by atoms with van der Waals surface area (Å²) in [5, 5.41) is 22.2. The molecule has 9 nitrogen and oxygen atoms in total. The molecule has 0 spiro atoms. The minimum atomic E-state index is -0.570. The smallest absolute Gasteiger partial charge is 0.265 e. The molecule has 0 unspecified atom stereocenters. The fourth-order valence-corrected chi connectivity index (χ4v) is 2.27. The normalized spacial score (nSPS) is 10.9. The number of hydrogen-bond acceptors (Lipinski definition) is 6. The fraction of sp³-hybridized carbons (Fsp3) is 0.0588. The van der Waals surface area contributed by atoms with Gasteiger partial charge in [0.2, 0.25) is 0 Å². The predicted octanol–water partition coefficient (Wildman–Crippen LogP) is 2.39. The Hall–Kier alpha value is -3.95. The van der Waals surface area contributed by atoms with Crippen LogP contribution in [-0.4, -0.2) is 32.0 Å². The Morgan fingerprint density at radius 1 is 1.22 bits per heavy atom. The first-order valence-electron chi connectivity index (χ1n) is 7.72. The van der Waals surface area contributed by atoms with E-state index in [0.717, 1.165) is 0 Å². The van der Waals surface area contributed by atoms with Crippen LogP contribution in [0.2, 0.25) is 0 Å². The largest absolute Gasteiger partial charge is 0.293 e. The lowest BCUT2D eigenvalue weighted by molar-refractivity contribution is -0.384. The van der Waals surface area contributed by atoms with Gasteiger partial charge in [-0.15, -0.1) is 5.10 Å². The maximum absolute atomic E-state index is 12.8. The van der Waals surface area contributed by atoms with E-state index in [0.29, 0.717) is 16.9 Å². The molecule has 0 fully saturated rings. The lowest BCUT2D eigenvalue weighted by Crippen LogP contribution is -2.19. The number of nitro groups is 1. The van der Waals surface area contributed by atoms with Gasteiger partial charge in [-0.25, -0.2) is 14.5 Å². The van der Waals surface area contributed by atoms with Gasteiger partial charge in [-0.1, -0.05) is 17.3 Å². The van der Waals surface area contributed by atoms with Gasteiger partial charge in [0.1, 0.15) is 5.82 Å². The predicted molar refractivity (Wildman–Crippen MR) is 94.2 cm³/mol. The highest BCUT2D eigenvalue weighted by Gasteiger charge is 2.17. The average molecular weight is 368 g/mol. The molecular formula is C17H13FN6O3. The molecule has 3 aromatic rings. The topological polar surface area (TPSA) is 115 Å². The number of rotatable bonds is 5. The second-order valence-electron chi connectivity index (χ2n) is 5.46. The van der Waals surface area contributed by atoms with E-state index in [2.05, 4.69) is 20.8 Å². The number of hydrazone groups is 1. The number of nitrogens with zero attached hydrogens (tertiary/aromatic N) is 5. The number of carbonyl (C=O) groups is 1. The molecule has 2 aromatic carbocycles. The molecule has 27 heavy (non-hydrogen) atoms. The van der Waals surface area contributed by atoms with Crippen LogP contribution in [0, 0.1) is 22.9 Å². The number of amides is 1. The summed E-state index contributed by atoms with van der Waals surface area (Å²) in [7, 11) is 0. The Morgan fingerprint density at radius 2 is 1.89 bits per heavy atom. The van der Waals surface area contributed by atoms with Crippen LogP contribution in [0.1, 0.15) is 21.7 Å². The summed E-state index contributed by atoms with van der Waals surface area (Å²) >= 11 is 0. The molecule has 1 aromatic heterocycles. The molecule has 0 aliphatic carbocycles. The van der Waals surface area contributed by atoms with Crippen molar-refractivity contribution in [2.24, 2.45) is 5.10 Å². The zero-order valence-corrected chi connectivity index (χ0v) is 14.0. The molecule has 0 radical (unpaired) electrons. The molecule has 0 atom stereocenters. The first-order chi connectivity index (χ1) is 13.0. The highest BCUT2D eigenvalue weighted by atomic mass is 19.1. The van der Waals surface area contributed by atoms with E-state index in [1.165, 1.54) is 59.4 Å². The van der Waals surface area contributed by atoms with Gasteiger partial charge in [0.25, 0.3) is 11.6 Å². The summed E-state index contributed by atoms with van der Waals surface area (Å²) in [6.45, 7) is 1.64. The zero-order valence-electron chi connectivity index (χ0n) is 14.0. The molecule has 0 aliphatic heterocycles. The van der Waals surface area contributed by atoms with E-state index in [1.54, 1.807) is 6.92 Å². The molecule has 1 N–H and O–H groups in total. The lowest BCUT2D eigenvalue weighted by atomic mass is 10.2. The third-order valence-corrected chi connectivity index (χ3v) is 3.66. The number of nitrogens with one attached hydrogen (secondary N) is 1. The van der Waals surface area contributed by atoms with Crippen molar-refractivity contribution in [3.63, 3.8) is 0 Å². The summed E-state index contributed by atoms with van der Waals surface area (Å²) in [6.07, 6.45) is 1.37. The first-order valence-corrected chi connectivity index (χ1v) is 7.72. The van der Waals surface area contributed by atoms with Crippen LogP contribution in [0.15, 0.2) is 53.6 Å². The van der Waals surface area contributed by atoms with Crippen molar-refractivity contribution in [3.05, 3.63) is 81.4 Å². The summed E-state index contributed by atoms with van der Waals surface area (Å²) in [5.41, 5.74) is 3.92. The number of halogens is 1. The number of non-ortho nitro benzene ring substituents is 1. The van der Waals surface area contributed by atoms with Crippen molar-refractivity contribution in [2.75, 3.05) is 0 Å². The third kappa shape index (κ3) is 4.00. The van der Waals surface area contributed by atoms with Crippen molar-refractivity contribution >= 4 is 17.8 Å². The molecule has 1 heterocycles. The van der Waals surface area contributed by atoms with Crippen molar-refractivity contribution in [2.45, 2.75) is 6.92 Å². The zero-order chi connectivity index (χ0) is 19.4. The summed E-state index contributed by atoms with van der Waals surface area (Å²) < 4.78 is 14.2. The van der Waals surface area contributed by atoms with E-state index >= 15 is 0 Å². The highest BCUT2D eigenvalue weighted by molar-refractivity contribution is 5.94. The van der Waals surface area contributed by atoms with E-state index in [1.807, 2.05) is 0 Å². The molecule has 136 valence electrons. The molecule has 3 rings (SSSR count). The van der Waals surface area contributed by atoms with Crippen LogP contribution in [0.4, 0.5) is 10.1 Å². The second-order valence-corrected chi connectivity index (χ2v) is 5.46. The summed E-state index contributed by atoms with van der Waals surface area (Å²) in [5.74, 6) is -0.936. The quantitative estimate of drug-likeness (QED) is 0.422. The Labute approximate surface area is 152 Å². The Morgan fingerprint density at radius 3 is 2.52 bits per heavy atom. The van der Waals surface area contributed by atoms with Gasteiger partial charge in [0, 0.05) is 12.1 Å². The van der Waals surface area contributed by atoms with Crippen molar-refractivity contribution < 1.29 is 14.1 Å². The molecule has 0 aliphatic rings. The van der Waals surface area contributed by atoms with E-state index in [4.69, 9.17) is 0 Å². The summed E-state index contributed by atoms with van der Waals surface area (Å²) in [6, 6.07) is 11.3. The van der Waals surface area contributed by atoms with Crippen LogP contribution in [0.3, 0.4) is 0 Å². The van der Waals surface area contributed by atoms with Gasteiger partial charge in [-0.2, -0.15) is 5.10 Å². The minimum Gasteiger partial charge on any atom is -0.265 e. The van der Waals surface area contributed by atoms with Crippen LogP contribution in [0.25, 0.3) is 5.69 Å². The van der Waals surface area contributed by atoms with Crippen LogP contribution in [-0.2, 0) is 0 Å². The maximum Gasteiger partial charge on any atom is 0.293 e. The van der Waals surface area contributed by atoms with E-state index < -0.39 is 10.8 Å². The number of carbonyl (C=O) groups excluding carboxylic acids is 1. The molecule has 10 heteroatoms. The molecule has 0 saturated heterocycles. The third-order valence-electron chi connectivity index (χ3n) is 3.66. The van der Waals surface area contributed by atoms with E-state index in [-0.39, 0.29) is 17.2 Å². The van der Waals surface area contributed by atoms with Crippen LogP contribution < -0.4 is 5.43 Å². The monoisotopic (exact) mass is 368 g/mol. The lowest BCUT2D eigenvalue weighted by Gasteiger charge is -2.03. The maximum atomic E-state index is 12.8. The highest BCUT2D eigenvalue weighted by Crippen LogP contribution is 2.17. The van der Waals surface area contributed by atoms with Crippen LogP contribution in [0.5, 0.6) is 0 Å². The van der Waals surface area contributed by atoms with Gasteiger partial charge >= 0.3 is 0 Å². The van der Waals surface area contributed by atoms with Gasteiger partial charge in [0.15, 0.2) is 5.69 Å². The first kappa shape index (κ1) is 17.9. The van der Waals surface area contributed by atoms with Gasteiger partial charge in [-0.05, 0) is 36.8 Å². The van der Waals surface area contributed by atoms with Crippen molar-refractivity contribution in [3.8, 4) is 5.69 Å². The standard InChI is InChI=1S/C17H13FN6O3/c1-11-16(17(25)21-19-10-12-2-4-13(18)5-3-12)20-22-23(11)14-6-8-15(9-7-14)24(26)27/h2-10H,1H3,(H,21,25)/b19-10+. The van der Waals surface area contributed by atoms with E-state index in [9.17, 15) is 19.3 Å². The van der Waals surface area contributed by atoms with Crippen molar-refractivity contribution in [1.29, 1.82) is 0 Å². The number of aromatic nitrogens is 3. The number of benzene rings is 2. The molecular weight excluding hydrogens is 355 g/mol. The van der Waals surface area contributed by atoms with Gasteiger partial charge < -0.3 is 0 Å². The number of nitro benzene ring substituents is 1. The summed E-state index contributed by atoms with van der Waals surface area (Å²) in [4.78, 5) is 22.4. The Balaban J connectivity index is 1.73. The van der Waals surface area contributed by atoms with Crippen molar-refractivity contribution in [1.82, 2.24) is 20.4 Å².